The number of carboxylic acid groups (broad SMARTS) is 1. The molecule has 1 aliphatic carbocycles. The summed E-state index contributed by atoms with van der Waals surface area (Å²) in [6.07, 6.45) is 5.19. The molecule has 17 heavy (non-hydrogen) atoms. The van der Waals surface area contributed by atoms with Gasteiger partial charge in [0.1, 0.15) is 5.75 Å². The number of halogens is 1. The molecule has 0 bridgehead atoms. The molecule has 1 aliphatic rings. The zero-order chi connectivity index (χ0) is 12.3. The maximum atomic E-state index is 10.4. The summed E-state index contributed by atoms with van der Waals surface area (Å²) in [7, 11) is 0. The Kier molecular flexibility index (Phi) is 3.84. The van der Waals surface area contributed by atoms with Crippen molar-refractivity contribution in [1.82, 2.24) is 0 Å². The number of rotatable bonds is 5. The Labute approximate surface area is 108 Å². The number of carbonyl (C=O) groups is 1. The molecule has 0 aliphatic heterocycles. The molecular formula is C13H13BrO3. The molecule has 2 rings (SSSR count). The highest BCUT2D eigenvalue weighted by molar-refractivity contribution is 9.10. The van der Waals surface area contributed by atoms with E-state index >= 15 is 0 Å². The van der Waals surface area contributed by atoms with Crippen LogP contribution in [-0.4, -0.2) is 17.7 Å². The predicted molar refractivity (Wildman–Crippen MR) is 69.0 cm³/mol. The van der Waals surface area contributed by atoms with Crippen LogP contribution in [0.3, 0.4) is 0 Å². The number of benzene rings is 1. The maximum absolute atomic E-state index is 10.4. The molecule has 90 valence electrons. The van der Waals surface area contributed by atoms with Crippen molar-refractivity contribution in [3.8, 4) is 5.75 Å². The monoisotopic (exact) mass is 296 g/mol. The molecule has 0 spiro atoms. The summed E-state index contributed by atoms with van der Waals surface area (Å²) in [6.45, 7) is 0.767. The van der Waals surface area contributed by atoms with Gasteiger partial charge in [0.15, 0.2) is 0 Å². The highest BCUT2D eigenvalue weighted by atomic mass is 79.9. The second kappa shape index (κ2) is 5.36. The third kappa shape index (κ3) is 3.89. The lowest BCUT2D eigenvalue weighted by Crippen LogP contribution is -1.99. The molecule has 1 fully saturated rings. The van der Waals surface area contributed by atoms with Gasteiger partial charge < -0.3 is 9.84 Å². The highest BCUT2D eigenvalue weighted by Gasteiger charge is 2.22. The van der Waals surface area contributed by atoms with E-state index in [1.54, 1.807) is 6.08 Å². The van der Waals surface area contributed by atoms with Crippen LogP contribution in [0.4, 0.5) is 0 Å². The zero-order valence-corrected chi connectivity index (χ0v) is 10.8. The summed E-state index contributed by atoms with van der Waals surface area (Å²) < 4.78 is 6.51. The topological polar surface area (TPSA) is 46.5 Å². The predicted octanol–water partition coefficient (Wildman–Crippen LogP) is 3.34. The van der Waals surface area contributed by atoms with E-state index in [1.807, 2.05) is 18.2 Å². The smallest absolute Gasteiger partial charge is 0.328 e. The largest absolute Gasteiger partial charge is 0.492 e. The molecular weight excluding hydrogens is 284 g/mol. The lowest BCUT2D eigenvalue weighted by atomic mass is 10.2. The van der Waals surface area contributed by atoms with E-state index < -0.39 is 5.97 Å². The fourth-order valence-electron chi connectivity index (χ4n) is 1.40. The van der Waals surface area contributed by atoms with Crippen LogP contribution in [0.1, 0.15) is 18.4 Å². The molecule has 0 amide bonds. The van der Waals surface area contributed by atoms with Crippen LogP contribution in [0.2, 0.25) is 0 Å². The Bertz CT molecular complexity index is 450. The van der Waals surface area contributed by atoms with Gasteiger partial charge in [0.05, 0.1) is 11.1 Å². The van der Waals surface area contributed by atoms with Crippen molar-refractivity contribution in [2.45, 2.75) is 12.8 Å². The highest BCUT2D eigenvalue weighted by Crippen LogP contribution is 2.32. The van der Waals surface area contributed by atoms with Gasteiger partial charge in [0.2, 0.25) is 0 Å². The van der Waals surface area contributed by atoms with Gasteiger partial charge in [-0.2, -0.15) is 0 Å². The molecule has 3 nitrogen and oxygen atoms in total. The Morgan fingerprint density at radius 1 is 1.53 bits per heavy atom. The lowest BCUT2D eigenvalue weighted by molar-refractivity contribution is -0.131. The van der Waals surface area contributed by atoms with Crippen molar-refractivity contribution in [2.75, 3.05) is 6.61 Å². The third-order valence-corrected chi connectivity index (χ3v) is 3.17. The molecule has 1 aromatic carbocycles. The molecule has 0 radical (unpaired) electrons. The van der Waals surface area contributed by atoms with Gasteiger partial charge in [-0.1, -0.05) is 6.07 Å². The normalized spacial score (nSPS) is 15.1. The Balaban J connectivity index is 2.02. The quantitative estimate of drug-likeness (QED) is 0.848. The van der Waals surface area contributed by atoms with Crippen molar-refractivity contribution in [3.63, 3.8) is 0 Å². The number of aliphatic carboxylic acids is 1. The minimum atomic E-state index is -0.949. The fourth-order valence-corrected chi connectivity index (χ4v) is 1.91. The van der Waals surface area contributed by atoms with Crippen molar-refractivity contribution in [2.24, 2.45) is 5.92 Å². The molecule has 1 N–H and O–H groups in total. The molecule has 0 saturated heterocycles. The zero-order valence-electron chi connectivity index (χ0n) is 9.23. The average molecular weight is 297 g/mol. The van der Waals surface area contributed by atoms with E-state index in [2.05, 4.69) is 15.9 Å². The molecule has 1 aromatic rings. The first kappa shape index (κ1) is 12.2. The number of ether oxygens (including phenoxy) is 1. The summed E-state index contributed by atoms with van der Waals surface area (Å²) in [5.74, 6) is 0.577. The Hall–Kier alpha value is -1.29. The van der Waals surface area contributed by atoms with Gasteiger partial charge >= 0.3 is 5.97 Å². The van der Waals surface area contributed by atoms with Gasteiger partial charge in [-0.3, -0.25) is 0 Å². The molecule has 0 unspecified atom stereocenters. The second-order valence-corrected chi connectivity index (χ2v) is 4.97. The number of hydrogen-bond donors (Lipinski definition) is 1. The molecule has 0 heterocycles. The van der Waals surface area contributed by atoms with Crippen molar-refractivity contribution in [3.05, 3.63) is 34.3 Å². The van der Waals surface area contributed by atoms with Crippen LogP contribution in [-0.2, 0) is 4.79 Å². The summed E-state index contributed by atoms with van der Waals surface area (Å²) in [6, 6.07) is 5.54. The lowest BCUT2D eigenvalue weighted by Gasteiger charge is -2.07. The summed E-state index contributed by atoms with van der Waals surface area (Å²) in [5, 5.41) is 8.53. The Morgan fingerprint density at radius 2 is 2.29 bits per heavy atom. The van der Waals surface area contributed by atoms with E-state index in [4.69, 9.17) is 9.84 Å². The summed E-state index contributed by atoms with van der Waals surface area (Å²) in [4.78, 5) is 10.4. The maximum Gasteiger partial charge on any atom is 0.328 e. The van der Waals surface area contributed by atoms with E-state index in [0.717, 1.165) is 28.5 Å². The molecule has 1 saturated carbocycles. The second-order valence-electron chi connectivity index (χ2n) is 4.12. The van der Waals surface area contributed by atoms with Crippen LogP contribution in [0.15, 0.2) is 28.7 Å². The first-order valence-electron chi connectivity index (χ1n) is 5.48. The van der Waals surface area contributed by atoms with Crippen molar-refractivity contribution < 1.29 is 14.6 Å². The summed E-state index contributed by atoms with van der Waals surface area (Å²) >= 11 is 3.42. The van der Waals surface area contributed by atoms with Crippen molar-refractivity contribution in [1.29, 1.82) is 0 Å². The van der Waals surface area contributed by atoms with Crippen LogP contribution in [0.25, 0.3) is 6.08 Å². The minimum Gasteiger partial charge on any atom is -0.492 e. The molecule has 0 atom stereocenters. The van der Waals surface area contributed by atoms with Crippen LogP contribution in [0, 0.1) is 5.92 Å². The average Bonchev–Trinajstić information content (AvgIpc) is 3.09. The van der Waals surface area contributed by atoms with Gasteiger partial charge in [-0.25, -0.2) is 4.79 Å². The van der Waals surface area contributed by atoms with Gasteiger partial charge in [-0.05, 0) is 58.5 Å². The van der Waals surface area contributed by atoms with E-state index in [-0.39, 0.29) is 0 Å². The first-order valence-corrected chi connectivity index (χ1v) is 6.28. The van der Waals surface area contributed by atoms with E-state index in [1.165, 1.54) is 12.8 Å². The number of hydrogen-bond acceptors (Lipinski definition) is 2. The first-order chi connectivity index (χ1) is 8.15. The summed E-state index contributed by atoms with van der Waals surface area (Å²) in [5.41, 5.74) is 0.832. The van der Waals surface area contributed by atoms with Crippen molar-refractivity contribution >= 4 is 28.0 Å². The fraction of sp³-hybridized carbons (Fsp3) is 0.308. The van der Waals surface area contributed by atoms with Gasteiger partial charge in [-0.15, -0.1) is 0 Å². The number of carboxylic acids is 1. The molecule has 0 aromatic heterocycles. The van der Waals surface area contributed by atoms with E-state index in [0.29, 0.717) is 5.92 Å². The third-order valence-electron chi connectivity index (χ3n) is 2.55. The van der Waals surface area contributed by atoms with Crippen LogP contribution < -0.4 is 4.74 Å². The SMILES string of the molecule is O=C(O)C=Cc1ccc(OCC2CC2)c(Br)c1. The van der Waals surface area contributed by atoms with Gasteiger partial charge in [0, 0.05) is 6.08 Å². The molecule has 4 heteroatoms. The van der Waals surface area contributed by atoms with Gasteiger partial charge in [0.25, 0.3) is 0 Å². The minimum absolute atomic E-state index is 0.716. The van der Waals surface area contributed by atoms with Crippen LogP contribution >= 0.6 is 15.9 Å². The van der Waals surface area contributed by atoms with Crippen LogP contribution in [0.5, 0.6) is 5.75 Å². The Morgan fingerprint density at radius 3 is 2.88 bits per heavy atom. The van der Waals surface area contributed by atoms with E-state index in [9.17, 15) is 4.79 Å². The standard InChI is InChI=1S/C13H13BrO3/c14-11-7-9(4-6-13(15)16)3-5-12(11)17-8-10-1-2-10/h3-7,10H,1-2,8H2,(H,15,16).